The first-order chi connectivity index (χ1) is 38.9. The summed E-state index contributed by atoms with van der Waals surface area (Å²) in [4.78, 5) is 0. The molecule has 480 valence electrons. The predicted octanol–water partition coefficient (Wildman–Crippen LogP) is 20.2. The van der Waals surface area contributed by atoms with Crippen molar-refractivity contribution in [2.45, 2.75) is 266 Å². The van der Waals surface area contributed by atoms with Crippen LogP contribution in [0.3, 0.4) is 0 Å². The molecule has 0 amide bonds. The molecule has 0 spiro atoms. The Bertz CT molecular complexity index is 1890. The van der Waals surface area contributed by atoms with Gasteiger partial charge in [0.25, 0.3) is 0 Å². The highest BCUT2D eigenvalue weighted by Crippen LogP contribution is 3.07. The van der Waals surface area contributed by atoms with Crippen LogP contribution < -0.4 is 0 Å². The Morgan fingerprint density at radius 3 is 0.926 bits per heavy atom. The van der Waals surface area contributed by atoms with Gasteiger partial charge in [-0.15, -0.1) is 94.2 Å². The molecule has 0 aliphatic heterocycles. The summed E-state index contributed by atoms with van der Waals surface area (Å²) < 4.78 is 66.9. The van der Waals surface area contributed by atoms with E-state index < -0.39 is 67.9 Å². The molecule has 6 bridgehead atoms. The minimum Gasteiger partial charge on any atom is -0.373 e. The molecule has 0 aromatic carbocycles. The number of fused-ring (bicyclic) bond motifs is 6. The molecule has 0 N–H and O–H groups in total. The van der Waals surface area contributed by atoms with Gasteiger partial charge in [0.15, 0.2) is 0 Å². The van der Waals surface area contributed by atoms with Gasteiger partial charge in [0.1, 0.15) is 0 Å². The van der Waals surface area contributed by atoms with E-state index in [0.29, 0.717) is 77.2 Å². The molecule has 7 saturated carbocycles. The number of hydrogen-bond acceptors (Lipinski definition) is 18. The molecule has 9 nitrogen and oxygen atoms in total. The largest absolute Gasteiger partial charge is 0.518 e. The van der Waals surface area contributed by atoms with Crippen LogP contribution in [0.25, 0.3) is 0 Å². The van der Waals surface area contributed by atoms with Crippen LogP contribution in [-0.4, -0.2) is 108 Å². The van der Waals surface area contributed by atoms with Crippen molar-refractivity contribution in [3.8, 4) is 0 Å². The quantitative estimate of drug-likeness (QED) is 0.0215. The lowest BCUT2D eigenvalue weighted by molar-refractivity contribution is 0.0329. The first-order valence-electron chi connectivity index (χ1n) is 32.2. The van der Waals surface area contributed by atoms with Gasteiger partial charge in [0, 0.05) is 64.7 Å². The monoisotopic (exact) mass is 1410 g/mol. The average Bonchev–Trinajstić information content (AvgIpc) is 2.17. The molecule has 7 aliphatic rings. The third-order valence-corrected chi connectivity index (χ3v) is 78.0. The zero-order valence-electron chi connectivity index (χ0n) is 52.2. The van der Waals surface area contributed by atoms with E-state index in [9.17, 15) is 0 Å². The maximum atomic E-state index is 7.79. The summed E-state index contributed by atoms with van der Waals surface area (Å²) in [6, 6.07) is 0. The minimum atomic E-state index is -3.92. The van der Waals surface area contributed by atoms with Crippen molar-refractivity contribution in [2.24, 2.45) is 34.0 Å². The molecule has 0 aromatic heterocycles. The van der Waals surface area contributed by atoms with Gasteiger partial charge in [0.05, 0.1) is 17.2 Å². The Hall–Kier alpha value is 4.49. The van der Waals surface area contributed by atoms with Gasteiger partial charge in [-0.2, -0.15) is 0 Å². The molecule has 81 heavy (non-hydrogen) atoms. The molecule has 7 rings (SSSR count). The smallest absolute Gasteiger partial charge is 0.373 e. The standard InChI is InChI=1S/C57H114O9S12Si3/c1-13-51-38-34-47(41-51)44-55(51,79(58-16-4,59-17-5)60-18-6)76(70,73-67)50-33-31-29-27-25-26-28-30-32-37-54(50,77(71,74-68)56(45-48-35-39-52(56,14-2)42-48)80(61-19-7,62-20-8)63-21-9)78(72,75-69)57(46-49-36-40-53(57,15-3)43-49)81(64-22-10,65-23-11)66-24-12/h47-50,67-72H,13-46H2,1-12H3. The second-order valence-electron chi connectivity index (χ2n) is 24.9. The maximum absolute atomic E-state index is 7.79. The SMILES string of the molecule is CCO[Si](OCC)(OCC)C1(S(S)(SS)C2CCCCCCCCCCC2(S(S)(SS)C2([Si](OCC)(OCC)OCC)CC3CCC2(CC)C3)S(S)(SS)C2([Si](OCC)(OCC)OCC)CC3CCC2(CC)C3)CC2CCC1(CC)C2. The molecular formula is C57H114O9S12Si3. The summed E-state index contributed by atoms with van der Waals surface area (Å²) in [5.74, 6) is 1.36. The summed E-state index contributed by atoms with van der Waals surface area (Å²) in [5, 5.41) is -0.173. The van der Waals surface area contributed by atoms with Crippen LogP contribution in [-0.2, 0) is 39.8 Å². The fourth-order valence-corrected chi connectivity index (χ4v) is 87.1. The van der Waals surface area contributed by atoms with E-state index in [1.54, 1.807) is 29.5 Å². The van der Waals surface area contributed by atoms with Crippen molar-refractivity contribution >= 4 is 150 Å². The van der Waals surface area contributed by atoms with Crippen molar-refractivity contribution in [2.75, 3.05) is 59.5 Å². The van der Waals surface area contributed by atoms with Crippen molar-refractivity contribution in [1.82, 2.24) is 0 Å². The zero-order chi connectivity index (χ0) is 59.3. The number of hydrogen-bond donors (Lipinski definition) is 6. The Morgan fingerprint density at radius 1 is 0.358 bits per heavy atom. The second kappa shape index (κ2) is 29.8. The number of thiol groups is 6. The molecule has 13 atom stereocenters. The summed E-state index contributed by atoms with van der Waals surface area (Å²) in [6.45, 7) is 31.2. The molecule has 0 radical (unpaired) electrons. The van der Waals surface area contributed by atoms with Gasteiger partial charge in [0.2, 0.25) is 0 Å². The van der Waals surface area contributed by atoms with E-state index in [2.05, 4.69) is 83.1 Å². The fourth-order valence-electron chi connectivity index (χ4n) is 19.8. The predicted molar refractivity (Wildman–Crippen MR) is 386 cm³/mol. The Labute approximate surface area is 543 Å². The van der Waals surface area contributed by atoms with Gasteiger partial charge < -0.3 is 39.8 Å². The third-order valence-electron chi connectivity index (χ3n) is 22.3. The average molecular weight is 1410 g/mol. The highest BCUT2D eigenvalue weighted by Gasteiger charge is 2.92. The van der Waals surface area contributed by atoms with Gasteiger partial charge in [-0.05, 0) is 235 Å². The first kappa shape index (κ1) is 72.9. The van der Waals surface area contributed by atoms with Crippen molar-refractivity contribution in [1.29, 1.82) is 0 Å². The second-order valence-corrected chi connectivity index (χ2v) is 59.7. The van der Waals surface area contributed by atoms with E-state index in [0.717, 1.165) is 116 Å². The minimum absolute atomic E-state index is 0.173. The molecule has 7 aliphatic carbocycles. The van der Waals surface area contributed by atoms with Crippen LogP contribution in [0.2, 0.25) is 0 Å². The van der Waals surface area contributed by atoms with Crippen LogP contribution in [0, 0.1) is 34.0 Å². The summed E-state index contributed by atoms with van der Waals surface area (Å²) >= 11 is 39.7. The zero-order valence-corrected chi connectivity index (χ0v) is 65.4. The molecule has 24 heteroatoms. The highest BCUT2D eigenvalue weighted by molar-refractivity contribution is 9.42. The molecule has 0 heterocycles. The van der Waals surface area contributed by atoms with E-state index in [-0.39, 0.29) is 21.5 Å². The Balaban J connectivity index is 1.87. The maximum Gasteiger partial charge on any atom is 0.518 e. The van der Waals surface area contributed by atoms with Gasteiger partial charge >= 0.3 is 26.4 Å². The molecule has 7 fully saturated rings. The van der Waals surface area contributed by atoms with Crippen molar-refractivity contribution in [3.05, 3.63) is 0 Å². The lowest BCUT2D eigenvalue weighted by Crippen LogP contribution is -2.78. The topological polar surface area (TPSA) is 83.1 Å². The highest BCUT2D eigenvalue weighted by atomic mass is 33.7. The summed E-state index contributed by atoms with van der Waals surface area (Å²) in [5.41, 5.74) is -0.686. The third kappa shape index (κ3) is 10.7. The Morgan fingerprint density at radius 2 is 0.642 bits per heavy atom. The lowest BCUT2D eigenvalue weighted by atomic mass is 9.80. The first-order valence-corrected chi connectivity index (χ1v) is 52.7. The van der Waals surface area contributed by atoms with Crippen LogP contribution in [0.5, 0.6) is 0 Å². The molecule has 13 unspecified atom stereocenters. The van der Waals surface area contributed by atoms with Crippen LogP contribution in [0.15, 0.2) is 0 Å². The Kier molecular flexibility index (Phi) is 26.9. The summed E-state index contributed by atoms with van der Waals surface area (Å²) in [7, 11) is -14.4. The van der Waals surface area contributed by atoms with E-state index >= 15 is 0 Å². The molecule has 0 saturated heterocycles. The van der Waals surface area contributed by atoms with Gasteiger partial charge in [-0.25, -0.2) is 0 Å². The number of rotatable bonds is 33. The van der Waals surface area contributed by atoms with E-state index in [1.165, 1.54) is 44.9 Å². The van der Waals surface area contributed by atoms with E-state index in [4.69, 9.17) is 110 Å². The van der Waals surface area contributed by atoms with Crippen molar-refractivity contribution in [3.63, 3.8) is 0 Å². The van der Waals surface area contributed by atoms with Gasteiger partial charge in [-0.1, -0.05) is 72.1 Å². The van der Waals surface area contributed by atoms with Crippen LogP contribution in [0.1, 0.15) is 244 Å². The lowest BCUT2D eigenvalue weighted by Gasteiger charge is -2.79. The van der Waals surface area contributed by atoms with Crippen molar-refractivity contribution < 1.29 is 39.8 Å². The summed E-state index contributed by atoms with van der Waals surface area (Å²) in [6.07, 6.45) is 26.5. The molecular weight excluding hydrogens is 1300 g/mol. The van der Waals surface area contributed by atoms with E-state index in [1.807, 2.05) is 0 Å². The molecule has 0 aromatic rings. The fraction of sp³-hybridized carbons (Fsp3) is 1.00. The van der Waals surface area contributed by atoms with Crippen LogP contribution >= 0.6 is 124 Å². The van der Waals surface area contributed by atoms with Crippen LogP contribution in [0.4, 0.5) is 0 Å². The van der Waals surface area contributed by atoms with Gasteiger partial charge in [-0.3, -0.25) is 0 Å². The normalized spacial score (nSPS) is 39.2.